The molecule has 0 spiro atoms. The first kappa shape index (κ1) is 19.6. The van der Waals surface area contributed by atoms with Crippen LogP contribution in [0.5, 0.6) is 0 Å². The monoisotopic (exact) mass is 402 g/mol. The molecule has 1 N–H and O–H groups in total. The van der Waals surface area contributed by atoms with Crippen molar-refractivity contribution < 1.29 is 19.4 Å². The zero-order chi connectivity index (χ0) is 21.3. The number of cyclic esters (lactones) is 1. The van der Waals surface area contributed by atoms with Gasteiger partial charge in [-0.2, -0.15) is 0 Å². The van der Waals surface area contributed by atoms with Crippen LogP contribution in [0.25, 0.3) is 11.3 Å². The summed E-state index contributed by atoms with van der Waals surface area (Å²) in [6.07, 6.45) is -0.319. The number of esters is 1. The van der Waals surface area contributed by atoms with Gasteiger partial charge in [0.2, 0.25) is 6.23 Å². The summed E-state index contributed by atoms with van der Waals surface area (Å²) in [7, 11) is 0. The summed E-state index contributed by atoms with van der Waals surface area (Å²) in [6.45, 7) is 3.62. The molecule has 0 radical (unpaired) electrons. The summed E-state index contributed by atoms with van der Waals surface area (Å²) in [5.41, 5.74) is 3.00. The van der Waals surface area contributed by atoms with E-state index in [0.717, 1.165) is 27.3 Å². The summed E-state index contributed by atoms with van der Waals surface area (Å²) in [4.78, 5) is 30.5. The van der Waals surface area contributed by atoms with Crippen molar-refractivity contribution in [2.24, 2.45) is 0 Å². The second-order valence-electron chi connectivity index (χ2n) is 7.64. The second kappa shape index (κ2) is 7.63. The Morgan fingerprint density at radius 3 is 2.43 bits per heavy atom. The van der Waals surface area contributed by atoms with E-state index >= 15 is 0 Å². The van der Waals surface area contributed by atoms with Crippen LogP contribution in [0.3, 0.4) is 0 Å². The minimum absolute atomic E-state index is 0.169. The quantitative estimate of drug-likeness (QED) is 0.646. The highest BCUT2D eigenvalue weighted by atomic mass is 16.6. The van der Waals surface area contributed by atoms with Gasteiger partial charge in [0.05, 0.1) is 5.69 Å². The number of ether oxygens (including phenoxy) is 1. The predicted molar refractivity (Wildman–Crippen MR) is 112 cm³/mol. The highest BCUT2D eigenvalue weighted by molar-refractivity contribution is 5.88. The van der Waals surface area contributed by atoms with Crippen molar-refractivity contribution in [1.29, 1.82) is 0 Å². The third kappa shape index (κ3) is 3.41. The minimum atomic E-state index is -1.35. The third-order valence-corrected chi connectivity index (χ3v) is 5.51. The first-order chi connectivity index (χ1) is 14.4. The number of hydrogen-bond acceptors (Lipinski definition) is 4. The fourth-order valence-electron chi connectivity index (χ4n) is 3.89. The van der Waals surface area contributed by atoms with Gasteiger partial charge in [0, 0.05) is 23.7 Å². The van der Waals surface area contributed by atoms with Crippen molar-refractivity contribution in [1.82, 2.24) is 9.88 Å². The number of carbonyl (C=O) groups excluding carboxylic acids is 1. The molecule has 30 heavy (non-hydrogen) atoms. The van der Waals surface area contributed by atoms with Crippen LogP contribution in [0.4, 0.5) is 4.79 Å². The topological polar surface area (TPSA) is 79.7 Å². The average Bonchev–Trinajstić information content (AvgIpc) is 3.00. The fraction of sp³-hybridized carbons (Fsp3) is 0.208. The van der Waals surface area contributed by atoms with Crippen molar-refractivity contribution in [2.75, 3.05) is 0 Å². The van der Waals surface area contributed by atoms with E-state index in [2.05, 4.69) is 4.98 Å². The Morgan fingerprint density at radius 2 is 1.80 bits per heavy atom. The van der Waals surface area contributed by atoms with E-state index in [0.29, 0.717) is 5.56 Å². The molecular weight excluding hydrogens is 380 g/mol. The van der Waals surface area contributed by atoms with Crippen LogP contribution in [-0.4, -0.2) is 32.6 Å². The van der Waals surface area contributed by atoms with E-state index in [4.69, 9.17) is 4.74 Å². The number of rotatable bonds is 4. The van der Waals surface area contributed by atoms with Crippen LogP contribution in [0.2, 0.25) is 0 Å². The SMILES string of the molecule is Cc1ccccc1-c1ccc(CC2(C)C(=O)OC(c3ccccc3)N2C(=O)O)cn1. The van der Waals surface area contributed by atoms with E-state index in [9.17, 15) is 14.7 Å². The molecule has 152 valence electrons. The van der Waals surface area contributed by atoms with Crippen molar-refractivity contribution in [2.45, 2.75) is 32.0 Å². The third-order valence-electron chi connectivity index (χ3n) is 5.51. The Kier molecular flexibility index (Phi) is 4.99. The van der Waals surface area contributed by atoms with Gasteiger partial charge >= 0.3 is 12.1 Å². The molecule has 4 rings (SSSR count). The van der Waals surface area contributed by atoms with Crippen LogP contribution in [0.1, 0.15) is 29.8 Å². The molecule has 1 fully saturated rings. The smallest absolute Gasteiger partial charge is 0.411 e. The molecule has 0 saturated carbocycles. The zero-order valence-electron chi connectivity index (χ0n) is 16.8. The number of pyridine rings is 1. The van der Waals surface area contributed by atoms with Crippen molar-refractivity contribution >= 4 is 12.1 Å². The standard InChI is InChI=1S/C24H22N2O4/c1-16-8-6-7-11-19(16)20-13-12-17(15-25-20)14-24(2)22(27)30-21(26(24)23(28)29)18-9-4-3-5-10-18/h3-13,15,21H,14H2,1-2H3,(H,28,29). The van der Waals surface area contributed by atoms with Gasteiger partial charge in [0.1, 0.15) is 5.54 Å². The molecule has 1 aliphatic heterocycles. The predicted octanol–water partition coefficient (Wildman–Crippen LogP) is 4.59. The summed E-state index contributed by atoms with van der Waals surface area (Å²) in [5.74, 6) is -0.568. The molecule has 1 saturated heterocycles. The van der Waals surface area contributed by atoms with E-state index < -0.39 is 23.8 Å². The molecule has 2 heterocycles. The summed E-state index contributed by atoms with van der Waals surface area (Å²) >= 11 is 0. The molecule has 0 bridgehead atoms. The average molecular weight is 402 g/mol. The number of carbonyl (C=O) groups is 2. The minimum Gasteiger partial charge on any atom is -0.465 e. The Hall–Kier alpha value is -3.67. The van der Waals surface area contributed by atoms with Gasteiger partial charge in [-0.1, -0.05) is 60.7 Å². The number of nitrogens with zero attached hydrogens (tertiary/aromatic N) is 2. The molecule has 2 atom stereocenters. The molecule has 2 unspecified atom stereocenters. The van der Waals surface area contributed by atoms with Gasteiger partial charge in [-0.3, -0.25) is 9.88 Å². The fourth-order valence-corrected chi connectivity index (χ4v) is 3.89. The Morgan fingerprint density at radius 1 is 1.10 bits per heavy atom. The number of aromatic nitrogens is 1. The Labute approximate surface area is 174 Å². The highest BCUT2D eigenvalue weighted by Crippen LogP contribution is 2.40. The molecule has 2 aromatic carbocycles. The van der Waals surface area contributed by atoms with Gasteiger partial charge < -0.3 is 9.84 Å². The van der Waals surface area contributed by atoms with Crippen molar-refractivity contribution in [3.63, 3.8) is 0 Å². The molecule has 1 aliphatic rings. The van der Waals surface area contributed by atoms with Crippen LogP contribution in [0.15, 0.2) is 72.9 Å². The van der Waals surface area contributed by atoms with E-state index in [-0.39, 0.29) is 6.42 Å². The maximum absolute atomic E-state index is 12.8. The van der Waals surface area contributed by atoms with Crippen molar-refractivity contribution in [3.05, 3.63) is 89.6 Å². The first-order valence-electron chi connectivity index (χ1n) is 9.69. The maximum atomic E-state index is 12.8. The number of carboxylic acid groups (broad SMARTS) is 1. The van der Waals surface area contributed by atoms with Crippen molar-refractivity contribution in [3.8, 4) is 11.3 Å². The second-order valence-corrected chi connectivity index (χ2v) is 7.64. The Bertz CT molecular complexity index is 1080. The lowest BCUT2D eigenvalue weighted by Crippen LogP contribution is -2.50. The van der Waals surface area contributed by atoms with Gasteiger partial charge in [0.15, 0.2) is 0 Å². The zero-order valence-corrected chi connectivity index (χ0v) is 16.8. The van der Waals surface area contributed by atoms with Gasteiger partial charge in [0.25, 0.3) is 0 Å². The molecule has 3 aromatic rings. The lowest BCUT2D eigenvalue weighted by atomic mass is 9.92. The largest absolute Gasteiger partial charge is 0.465 e. The lowest BCUT2D eigenvalue weighted by molar-refractivity contribution is -0.145. The van der Waals surface area contributed by atoms with E-state index in [1.807, 2.05) is 49.4 Å². The maximum Gasteiger partial charge on any atom is 0.411 e. The highest BCUT2D eigenvalue weighted by Gasteiger charge is 2.55. The summed E-state index contributed by atoms with van der Waals surface area (Å²) < 4.78 is 5.50. The van der Waals surface area contributed by atoms with Crippen LogP contribution in [0, 0.1) is 6.92 Å². The molecule has 6 nitrogen and oxygen atoms in total. The molecule has 0 aliphatic carbocycles. The molecule has 1 amide bonds. The first-order valence-corrected chi connectivity index (χ1v) is 9.69. The number of benzene rings is 2. The molecule has 1 aromatic heterocycles. The van der Waals surface area contributed by atoms with Crippen LogP contribution in [-0.2, 0) is 16.0 Å². The molecule has 6 heteroatoms. The van der Waals surface area contributed by atoms with Gasteiger partial charge in [-0.15, -0.1) is 0 Å². The van der Waals surface area contributed by atoms with E-state index in [1.54, 1.807) is 37.4 Å². The lowest BCUT2D eigenvalue weighted by Gasteiger charge is -2.31. The summed E-state index contributed by atoms with van der Waals surface area (Å²) in [5, 5.41) is 9.88. The normalized spacial score (nSPS) is 20.8. The number of aryl methyl sites for hydroxylation is 1. The number of hydrogen-bond donors (Lipinski definition) is 1. The van der Waals surface area contributed by atoms with Crippen LogP contribution < -0.4 is 0 Å². The van der Waals surface area contributed by atoms with Gasteiger partial charge in [-0.25, -0.2) is 9.59 Å². The van der Waals surface area contributed by atoms with Gasteiger partial charge in [-0.05, 0) is 31.0 Å². The number of amides is 1. The summed E-state index contributed by atoms with van der Waals surface area (Å²) in [6, 6.07) is 20.6. The Balaban J connectivity index is 1.63. The van der Waals surface area contributed by atoms with E-state index in [1.165, 1.54) is 0 Å². The molecular formula is C24H22N2O4. The van der Waals surface area contributed by atoms with Crippen LogP contribution >= 0.6 is 0 Å².